The highest BCUT2D eigenvalue weighted by Gasteiger charge is 1.51. The first-order valence-corrected chi connectivity index (χ1v) is 0.632. The highest BCUT2D eigenvalue weighted by Crippen LogP contribution is 1.32. The summed E-state index contributed by atoms with van der Waals surface area (Å²) in [5.41, 5.74) is 0. The lowest BCUT2D eigenvalue weighted by atomic mass is 11.5. The van der Waals surface area contributed by atoms with Gasteiger partial charge in [0, 0.05) is 0 Å². The molecule has 0 amide bonds. The minimum atomic E-state index is -2.08. The van der Waals surface area contributed by atoms with Gasteiger partial charge in [-0.1, -0.05) is 0 Å². The Hall–Kier alpha value is -0.770. The summed E-state index contributed by atoms with van der Waals surface area (Å²) in [6.07, 6.45) is -2.08. The molecule has 0 aliphatic carbocycles. The van der Waals surface area contributed by atoms with Gasteiger partial charge in [-0.3, -0.25) is 0 Å². The van der Waals surface area contributed by atoms with Crippen molar-refractivity contribution in [1.82, 2.24) is 0 Å². The Balaban J connectivity index is 0. The first-order chi connectivity index (χ1) is 1.73. The molecule has 0 aromatic rings. The number of hydrogen-bond acceptors (Lipinski definition) is 2. The summed E-state index contributed by atoms with van der Waals surface area (Å²) < 4.78 is 0. The zero-order valence-corrected chi connectivity index (χ0v) is 2.26. The number of rotatable bonds is 0. The van der Waals surface area contributed by atoms with Crippen LogP contribution >= 0.6 is 0 Å². The molecule has 32 valence electrons. The minimum absolute atomic E-state index is 0. The van der Waals surface area contributed by atoms with Crippen molar-refractivity contribution in [1.29, 1.82) is 0 Å². The fraction of sp³-hybridized carbons (Fsp3) is 0. The second kappa shape index (κ2) is 3.23. The van der Waals surface area contributed by atoms with Crippen LogP contribution in [0.4, 0.5) is 4.79 Å². The van der Waals surface area contributed by atoms with Crippen LogP contribution in [0.15, 0.2) is 0 Å². The maximum atomic E-state index is 8.44. The maximum Gasteiger partial charge on any atom is 0.249 e. The molecule has 0 rings (SSSR count). The molecule has 0 spiro atoms. The van der Waals surface area contributed by atoms with Crippen LogP contribution in [0.3, 0.4) is 0 Å². The van der Waals surface area contributed by atoms with Crippen molar-refractivity contribution >= 4 is 6.16 Å². The predicted molar refractivity (Wildman–Crippen MR) is 11.6 cm³/mol. The van der Waals surface area contributed by atoms with E-state index in [1.807, 2.05) is 0 Å². The van der Waals surface area contributed by atoms with Crippen LogP contribution in [0.2, 0.25) is 0 Å². The Morgan fingerprint density at radius 3 is 1.80 bits per heavy atom. The summed E-state index contributed by atoms with van der Waals surface area (Å²) in [6, 6.07) is 0. The third-order valence-electron chi connectivity index (χ3n) is 0. The molecule has 0 fully saturated rings. The molecule has 4 heteroatoms. The smallest absolute Gasteiger partial charge is 0.249 e. The molecule has 0 bridgehead atoms. The van der Waals surface area contributed by atoms with E-state index in [1.54, 1.807) is 0 Å². The average molecular weight is 79.0 g/mol. The molecular formula is CH3O4-. The largest absolute Gasteiger partial charge is 0.565 e. The van der Waals surface area contributed by atoms with Gasteiger partial charge in [-0.25, -0.2) is 0 Å². The van der Waals surface area contributed by atoms with E-state index in [-0.39, 0.29) is 5.48 Å². The van der Waals surface area contributed by atoms with Crippen molar-refractivity contribution in [2.75, 3.05) is 0 Å². The zero-order chi connectivity index (χ0) is 3.58. The number of carboxylic acid groups (broad SMARTS) is 2. The van der Waals surface area contributed by atoms with Gasteiger partial charge in [-0.15, -0.1) is 0 Å². The van der Waals surface area contributed by atoms with E-state index in [0.29, 0.717) is 0 Å². The van der Waals surface area contributed by atoms with Crippen molar-refractivity contribution in [3.05, 3.63) is 0 Å². The lowest BCUT2D eigenvalue weighted by molar-refractivity contribution is -0.275. The van der Waals surface area contributed by atoms with Crippen molar-refractivity contribution in [3.8, 4) is 0 Å². The van der Waals surface area contributed by atoms with Crippen LogP contribution in [0.25, 0.3) is 0 Å². The van der Waals surface area contributed by atoms with Gasteiger partial charge in [-0.2, -0.15) is 0 Å². The van der Waals surface area contributed by atoms with Gasteiger partial charge < -0.3 is 20.5 Å². The molecule has 0 saturated heterocycles. The molecule has 0 aliphatic rings. The fourth-order valence-corrected chi connectivity index (χ4v) is 0. The van der Waals surface area contributed by atoms with Crippen LogP contribution in [0.1, 0.15) is 0 Å². The van der Waals surface area contributed by atoms with Crippen molar-refractivity contribution in [2.24, 2.45) is 0 Å². The molecule has 0 saturated carbocycles. The van der Waals surface area contributed by atoms with E-state index in [4.69, 9.17) is 15.0 Å². The quantitative estimate of drug-likeness (QED) is 0.366. The number of hydrogen-bond donors (Lipinski definition) is 1. The maximum absolute atomic E-state index is 8.44. The van der Waals surface area contributed by atoms with Crippen LogP contribution in [-0.2, 0) is 0 Å². The normalized spacial score (nSPS) is 4.80. The van der Waals surface area contributed by atoms with E-state index >= 15 is 0 Å². The van der Waals surface area contributed by atoms with Crippen molar-refractivity contribution < 1.29 is 20.5 Å². The second-order valence-electron chi connectivity index (χ2n) is 0.266. The van der Waals surface area contributed by atoms with Gasteiger partial charge in [0.1, 0.15) is 0 Å². The summed E-state index contributed by atoms with van der Waals surface area (Å²) in [7, 11) is 0. The summed E-state index contributed by atoms with van der Waals surface area (Å²) in [5, 5.41) is 15.3. The first-order valence-electron chi connectivity index (χ1n) is 0.632. The van der Waals surface area contributed by atoms with Gasteiger partial charge in [0.25, 0.3) is 0 Å². The molecule has 0 atom stereocenters. The Morgan fingerprint density at radius 1 is 1.80 bits per heavy atom. The Kier molecular flexibility index (Phi) is 5.73. The van der Waals surface area contributed by atoms with E-state index in [9.17, 15) is 0 Å². The monoisotopic (exact) mass is 79.0 g/mol. The van der Waals surface area contributed by atoms with Gasteiger partial charge in [0.15, 0.2) is 0 Å². The second-order valence-corrected chi connectivity index (χ2v) is 0.266. The number of carbonyl (C=O) groups is 1. The third-order valence-corrected chi connectivity index (χ3v) is 0. The highest BCUT2D eigenvalue weighted by molar-refractivity contribution is 5.50. The minimum Gasteiger partial charge on any atom is -0.565 e. The Bertz CT molecular complexity index is 26.6. The molecule has 0 aromatic carbocycles. The SMILES string of the molecule is O.O=C([O-])O. The molecular weight excluding hydrogens is 76.0 g/mol. The molecule has 0 aromatic heterocycles. The standard InChI is InChI=1S/CH2O3.H2O/c2-1(3)4;/h(H2,2,3,4);1H2/p-1. The van der Waals surface area contributed by atoms with Crippen LogP contribution in [0, 0.1) is 0 Å². The van der Waals surface area contributed by atoms with Gasteiger partial charge in [0.05, 0.1) is 0 Å². The topological polar surface area (TPSA) is 91.9 Å². The summed E-state index contributed by atoms with van der Waals surface area (Å²) in [6.45, 7) is 0. The van der Waals surface area contributed by atoms with E-state index in [0.717, 1.165) is 0 Å². The third kappa shape index (κ3) is 8.24. The molecule has 0 heterocycles. The summed E-state index contributed by atoms with van der Waals surface area (Å²) in [4.78, 5) is 8.44. The fourth-order valence-electron chi connectivity index (χ4n) is 0. The lowest BCUT2D eigenvalue weighted by Gasteiger charge is -1.74. The molecule has 4 nitrogen and oxygen atoms in total. The van der Waals surface area contributed by atoms with Crippen LogP contribution in [0.5, 0.6) is 0 Å². The molecule has 0 unspecified atom stereocenters. The van der Waals surface area contributed by atoms with E-state index < -0.39 is 6.16 Å². The van der Waals surface area contributed by atoms with E-state index in [2.05, 4.69) is 0 Å². The van der Waals surface area contributed by atoms with Crippen molar-refractivity contribution in [3.63, 3.8) is 0 Å². The molecule has 5 heavy (non-hydrogen) atoms. The molecule has 0 radical (unpaired) electrons. The van der Waals surface area contributed by atoms with Crippen molar-refractivity contribution in [2.45, 2.75) is 0 Å². The molecule has 3 N–H and O–H groups in total. The van der Waals surface area contributed by atoms with Gasteiger partial charge in [-0.05, 0) is 0 Å². The predicted octanol–water partition coefficient (Wildman–Crippen LogP) is -1.94. The highest BCUT2D eigenvalue weighted by atomic mass is 16.6. The van der Waals surface area contributed by atoms with Crippen LogP contribution in [-0.4, -0.2) is 16.7 Å². The zero-order valence-electron chi connectivity index (χ0n) is 2.26. The summed E-state index contributed by atoms with van der Waals surface area (Å²) in [5.74, 6) is 0. The summed E-state index contributed by atoms with van der Waals surface area (Å²) >= 11 is 0. The van der Waals surface area contributed by atoms with Crippen LogP contribution < -0.4 is 5.11 Å². The van der Waals surface area contributed by atoms with Gasteiger partial charge >= 0.3 is 0 Å². The van der Waals surface area contributed by atoms with Gasteiger partial charge in [0.2, 0.25) is 6.16 Å². The lowest BCUT2D eigenvalue weighted by Crippen LogP contribution is -2.17. The first kappa shape index (κ1) is 8.87. The average Bonchev–Trinajstić information content (AvgIpc) is 0.811. The Labute approximate surface area is 28.0 Å². The van der Waals surface area contributed by atoms with E-state index in [1.165, 1.54) is 0 Å². The molecule has 0 aliphatic heterocycles. The Morgan fingerprint density at radius 2 is 1.80 bits per heavy atom.